The summed E-state index contributed by atoms with van der Waals surface area (Å²) in [5.41, 5.74) is -1.80. The average Bonchev–Trinajstić information content (AvgIpc) is 2.16. The van der Waals surface area contributed by atoms with E-state index in [0.717, 1.165) is 6.20 Å². The van der Waals surface area contributed by atoms with E-state index in [1.807, 2.05) is 6.92 Å². The molecule has 1 heterocycles. The molecule has 0 aliphatic carbocycles. The molecule has 6 heteroatoms. The lowest BCUT2D eigenvalue weighted by Gasteiger charge is -2.23. The van der Waals surface area contributed by atoms with E-state index >= 15 is 0 Å². The van der Waals surface area contributed by atoms with Crippen LogP contribution < -0.4 is 5.56 Å². The number of nitrogens with one attached hydrogen (secondary N) is 1. The molecule has 16 heavy (non-hydrogen) atoms. The topological polar surface area (TPSA) is 92.3 Å². The van der Waals surface area contributed by atoms with E-state index in [2.05, 4.69) is 9.97 Å². The smallest absolute Gasteiger partial charge is 0.342 e. The Labute approximate surface area is 92.3 Å². The molecule has 2 N–H and O–H groups in total. The first kappa shape index (κ1) is 12.4. The third kappa shape index (κ3) is 2.46. The molecule has 1 aromatic heterocycles. The van der Waals surface area contributed by atoms with Crippen molar-refractivity contribution in [3.8, 4) is 0 Å². The number of carboxylic acids is 1. The quantitative estimate of drug-likeness (QED) is 0.789. The third-order valence-electron chi connectivity index (χ3n) is 2.11. The van der Waals surface area contributed by atoms with Crippen LogP contribution in [0, 0.1) is 0 Å². The Morgan fingerprint density at radius 2 is 2.25 bits per heavy atom. The lowest BCUT2D eigenvalue weighted by molar-refractivity contribution is -0.0210. The predicted molar refractivity (Wildman–Crippen MR) is 56.5 cm³/mol. The molecule has 0 saturated heterocycles. The van der Waals surface area contributed by atoms with Gasteiger partial charge in [0.25, 0.3) is 5.56 Å². The number of H-pyrrole nitrogens is 1. The number of ether oxygens (including phenoxy) is 1. The van der Waals surface area contributed by atoms with Gasteiger partial charge in [-0.3, -0.25) is 4.79 Å². The van der Waals surface area contributed by atoms with Gasteiger partial charge in [0, 0.05) is 12.8 Å². The van der Waals surface area contributed by atoms with Crippen LogP contribution in [0.25, 0.3) is 0 Å². The molecule has 0 spiro atoms. The van der Waals surface area contributed by atoms with Crippen molar-refractivity contribution in [1.29, 1.82) is 0 Å². The number of aromatic amines is 1. The number of nitrogens with zero attached hydrogens (tertiary/aromatic N) is 1. The lowest BCUT2D eigenvalue weighted by Crippen LogP contribution is -2.30. The van der Waals surface area contributed by atoms with E-state index < -0.39 is 17.1 Å². The van der Waals surface area contributed by atoms with Crippen molar-refractivity contribution in [3.63, 3.8) is 0 Å². The minimum Gasteiger partial charge on any atom is -0.477 e. The van der Waals surface area contributed by atoms with Crippen LogP contribution in [0.5, 0.6) is 0 Å². The van der Waals surface area contributed by atoms with E-state index in [9.17, 15) is 9.59 Å². The van der Waals surface area contributed by atoms with Gasteiger partial charge < -0.3 is 14.8 Å². The van der Waals surface area contributed by atoms with Crippen molar-refractivity contribution < 1.29 is 14.6 Å². The summed E-state index contributed by atoms with van der Waals surface area (Å²) in [4.78, 5) is 28.3. The van der Waals surface area contributed by atoms with Crippen molar-refractivity contribution in [3.05, 3.63) is 27.9 Å². The fraction of sp³-hybridized carbons (Fsp3) is 0.500. The first-order valence-electron chi connectivity index (χ1n) is 4.85. The molecule has 0 fully saturated rings. The molecule has 0 aliphatic rings. The molecule has 1 aromatic rings. The van der Waals surface area contributed by atoms with Crippen LogP contribution in [0.1, 0.15) is 37.0 Å². The Bertz CT molecular complexity index is 450. The summed E-state index contributed by atoms with van der Waals surface area (Å²) in [6.07, 6.45) is 1.04. The van der Waals surface area contributed by atoms with Gasteiger partial charge in [0.2, 0.25) is 0 Å². The van der Waals surface area contributed by atoms with Gasteiger partial charge in [-0.2, -0.15) is 0 Å². The van der Waals surface area contributed by atoms with Gasteiger partial charge in [-0.25, -0.2) is 9.78 Å². The second kappa shape index (κ2) is 4.44. The first-order valence-corrected chi connectivity index (χ1v) is 4.85. The van der Waals surface area contributed by atoms with Crippen molar-refractivity contribution in [2.45, 2.75) is 26.4 Å². The van der Waals surface area contributed by atoms with Crippen LogP contribution in [-0.2, 0) is 10.3 Å². The molecule has 1 rings (SSSR count). The molecule has 0 atom stereocenters. The Hall–Kier alpha value is -1.69. The zero-order valence-electron chi connectivity index (χ0n) is 9.40. The normalized spacial score (nSPS) is 11.4. The van der Waals surface area contributed by atoms with Crippen molar-refractivity contribution in [1.82, 2.24) is 9.97 Å². The lowest BCUT2D eigenvalue weighted by atomic mass is 10.1. The van der Waals surface area contributed by atoms with Gasteiger partial charge in [-0.1, -0.05) is 0 Å². The second-order valence-electron chi connectivity index (χ2n) is 3.72. The van der Waals surface area contributed by atoms with E-state index in [1.54, 1.807) is 13.8 Å². The monoisotopic (exact) mass is 226 g/mol. The summed E-state index contributed by atoms with van der Waals surface area (Å²) in [6.45, 7) is 5.79. The maximum Gasteiger partial charge on any atom is 0.342 e. The van der Waals surface area contributed by atoms with Crippen LogP contribution in [0.3, 0.4) is 0 Å². The molecule has 0 bridgehead atoms. The fourth-order valence-corrected chi connectivity index (χ4v) is 1.28. The van der Waals surface area contributed by atoms with Crippen LogP contribution in [-0.4, -0.2) is 27.7 Å². The third-order valence-corrected chi connectivity index (χ3v) is 2.11. The number of rotatable bonds is 4. The number of hydrogen-bond acceptors (Lipinski definition) is 4. The van der Waals surface area contributed by atoms with E-state index in [1.165, 1.54) is 0 Å². The Kier molecular flexibility index (Phi) is 3.44. The highest BCUT2D eigenvalue weighted by molar-refractivity contribution is 5.86. The molecule has 0 radical (unpaired) electrons. The first-order chi connectivity index (χ1) is 7.38. The Balaban J connectivity index is 3.16. The standard InChI is InChI=1S/C10H14N2O4/c1-4-16-10(2,3)9-11-5-6(8(14)15)7(13)12-9/h5H,4H2,1-3H3,(H,14,15)(H,11,12,13). The van der Waals surface area contributed by atoms with Crippen LogP contribution in [0.4, 0.5) is 0 Å². The summed E-state index contributed by atoms with van der Waals surface area (Å²) in [7, 11) is 0. The molecule has 0 aliphatic heterocycles. The summed E-state index contributed by atoms with van der Waals surface area (Å²) in [6, 6.07) is 0. The van der Waals surface area contributed by atoms with Gasteiger partial charge in [-0.15, -0.1) is 0 Å². The van der Waals surface area contributed by atoms with Crippen molar-refractivity contribution in [2.75, 3.05) is 6.61 Å². The molecule has 0 saturated carbocycles. The highest BCUT2D eigenvalue weighted by Crippen LogP contribution is 2.19. The van der Waals surface area contributed by atoms with E-state index in [-0.39, 0.29) is 5.56 Å². The fourth-order valence-electron chi connectivity index (χ4n) is 1.28. The highest BCUT2D eigenvalue weighted by atomic mass is 16.5. The molecular formula is C10H14N2O4. The highest BCUT2D eigenvalue weighted by Gasteiger charge is 2.24. The average molecular weight is 226 g/mol. The van der Waals surface area contributed by atoms with Gasteiger partial charge in [0.15, 0.2) is 0 Å². The number of carbonyl (C=O) groups is 1. The minimum atomic E-state index is -1.30. The van der Waals surface area contributed by atoms with Gasteiger partial charge >= 0.3 is 5.97 Å². The maximum atomic E-state index is 11.4. The van der Waals surface area contributed by atoms with Crippen LogP contribution in [0.15, 0.2) is 11.0 Å². The molecule has 0 aromatic carbocycles. The summed E-state index contributed by atoms with van der Waals surface area (Å²) in [5.74, 6) is -0.987. The number of aromatic nitrogens is 2. The SMILES string of the molecule is CCOC(C)(C)c1ncc(C(=O)O)c(=O)[nH]1. The Morgan fingerprint density at radius 1 is 1.62 bits per heavy atom. The zero-order chi connectivity index (χ0) is 12.3. The maximum absolute atomic E-state index is 11.4. The van der Waals surface area contributed by atoms with E-state index in [0.29, 0.717) is 12.4 Å². The van der Waals surface area contributed by atoms with Gasteiger partial charge in [0.1, 0.15) is 17.0 Å². The van der Waals surface area contributed by atoms with Crippen molar-refractivity contribution in [2.24, 2.45) is 0 Å². The van der Waals surface area contributed by atoms with Crippen LogP contribution >= 0.6 is 0 Å². The largest absolute Gasteiger partial charge is 0.477 e. The molecular weight excluding hydrogens is 212 g/mol. The van der Waals surface area contributed by atoms with Crippen LogP contribution in [0.2, 0.25) is 0 Å². The Morgan fingerprint density at radius 3 is 2.69 bits per heavy atom. The molecule has 0 amide bonds. The number of hydrogen-bond donors (Lipinski definition) is 2. The van der Waals surface area contributed by atoms with Crippen molar-refractivity contribution >= 4 is 5.97 Å². The van der Waals surface area contributed by atoms with Gasteiger partial charge in [-0.05, 0) is 20.8 Å². The summed E-state index contributed by atoms with van der Waals surface area (Å²) < 4.78 is 5.39. The summed E-state index contributed by atoms with van der Waals surface area (Å²) >= 11 is 0. The zero-order valence-corrected chi connectivity index (χ0v) is 9.40. The number of carboxylic acid groups (broad SMARTS) is 1. The number of aromatic carboxylic acids is 1. The molecule has 0 unspecified atom stereocenters. The minimum absolute atomic E-state index is 0.310. The predicted octanol–water partition coefficient (Wildman–Crippen LogP) is 0.740. The van der Waals surface area contributed by atoms with Gasteiger partial charge in [0.05, 0.1) is 0 Å². The van der Waals surface area contributed by atoms with E-state index in [4.69, 9.17) is 9.84 Å². The molecule has 88 valence electrons. The summed E-state index contributed by atoms with van der Waals surface area (Å²) in [5, 5.41) is 8.67. The molecule has 6 nitrogen and oxygen atoms in total. The second-order valence-corrected chi connectivity index (χ2v) is 3.72.